The van der Waals surface area contributed by atoms with Crippen LogP contribution in [0.5, 0.6) is 0 Å². The van der Waals surface area contributed by atoms with Crippen molar-refractivity contribution >= 4 is 22.4 Å². The summed E-state index contributed by atoms with van der Waals surface area (Å²) in [4.78, 5) is 20.5. The second kappa shape index (κ2) is 5.16. The maximum Gasteiger partial charge on any atom is 0.276 e. The van der Waals surface area contributed by atoms with Crippen molar-refractivity contribution in [3.05, 3.63) is 39.7 Å². The van der Waals surface area contributed by atoms with Gasteiger partial charge in [-0.1, -0.05) is 0 Å². The predicted octanol–water partition coefficient (Wildman–Crippen LogP) is 2.59. The van der Waals surface area contributed by atoms with Gasteiger partial charge in [0.1, 0.15) is 5.69 Å². The van der Waals surface area contributed by atoms with E-state index >= 15 is 0 Å². The fourth-order valence-electron chi connectivity index (χ4n) is 1.64. The van der Waals surface area contributed by atoms with E-state index in [9.17, 15) is 4.79 Å². The Hall–Kier alpha value is -2.26. The largest absolute Gasteiger partial charge is 0.296 e. The predicted molar refractivity (Wildman–Crippen MR) is 73.2 cm³/mol. The second-order valence-electron chi connectivity index (χ2n) is 4.14. The monoisotopic (exact) mass is 272 g/mol. The van der Waals surface area contributed by atoms with Crippen LogP contribution >= 0.6 is 11.3 Å². The summed E-state index contributed by atoms with van der Waals surface area (Å²) < 4.78 is 0. The number of carbonyl (C=O) groups is 1. The number of thiazole rings is 1. The number of anilines is 1. The maximum absolute atomic E-state index is 12.1. The summed E-state index contributed by atoms with van der Waals surface area (Å²) in [7, 11) is 0. The molecule has 1 amide bonds. The molecule has 0 radical (unpaired) electrons. The van der Waals surface area contributed by atoms with Crippen molar-refractivity contribution in [1.29, 1.82) is 5.26 Å². The van der Waals surface area contributed by atoms with E-state index in [-0.39, 0.29) is 11.6 Å². The number of hydrogen-bond acceptors (Lipinski definition) is 5. The minimum Gasteiger partial charge on any atom is -0.296 e. The highest BCUT2D eigenvalue weighted by Crippen LogP contribution is 2.18. The van der Waals surface area contributed by atoms with Crippen LogP contribution in [0, 0.1) is 32.1 Å². The van der Waals surface area contributed by atoms with Gasteiger partial charge in [-0.2, -0.15) is 5.26 Å². The first-order chi connectivity index (χ1) is 9.01. The summed E-state index contributed by atoms with van der Waals surface area (Å²) in [6, 6.07) is 3.73. The van der Waals surface area contributed by atoms with E-state index in [0.717, 1.165) is 5.69 Å². The number of nitriles is 1. The lowest BCUT2D eigenvalue weighted by atomic mass is 10.1. The van der Waals surface area contributed by atoms with Crippen LogP contribution in [0.2, 0.25) is 0 Å². The molecule has 0 bridgehead atoms. The molecule has 0 atom stereocenters. The van der Waals surface area contributed by atoms with Gasteiger partial charge < -0.3 is 0 Å². The third-order valence-corrected chi connectivity index (χ3v) is 3.45. The molecule has 2 rings (SSSR count). The van der Waals surface area contributed by atoms with Crippen molar-refractivity contribution in [3.63, 3.8) is 0 Å². The molecular formula is C13H12N4OS. The SMILES string of the molecule is Cc1csc(NC(=O)c2nc(C)cc(C#N)c2C)n1. The topological polar surface area (TPSA) is 78.7 Å². The van der Waals surface area contributed by atoms with E-state index in [0.29, 0.717) is 22.0 Å². The molecule has 2 heterocycles. The minimum atomic E-state index is -0.341. The average molecular weight is 272 g/mol. The molecule has 1 N–H and O–H groups in total. The van der Waals surface area contributed by atoms with Crippen molar-refractivity contribution in [3.8, 4) is 6.07 Å². The van der Waals surface area contributed by atoms with Crippen LogP contribution in [0.15, 0.2) is 11.4 Å². The molecule has 96 valence electrons. The van der Waals surface area contributed by atoms with Crippen LogP contribution in [0.4, 0.5) is 5.13 Å². The first-order valence-electron chi connectivity index (χ1n) is 5.63. The van der Waals surface area contributed by atoms with E-state index in [4.69, 9.17) is 5.26 Å². The van der Waals surface area contributed by atoms with Crippen LogP contribution in [-0.2, 0) is 0 Å². The molecule has 0 spiro atoms. The Morgan fingerprint density at radius 2 is 2.05 bits per heavy atom. The molecule has 19 heavy (non-hydrogen) atoms. The molecule has 0 aliphatic heterocycles. The molecule has 0 unspecified atom stereocenters. The lowest BCUT2D eigenvalue weighted by Crippen LogP contribution is -2.16. The number of pyridine rings is 1. The van der Waals surface area contributed by atoms with E-state index in [1.807, 2.05) is 12.3 Å². The number of carbonyl (C=O) groups excluding carboxylic acids is 1. The van der Waals surface area contributed by atoms with Crippen molar-refractivity contribution in [2.45, 2.75) is 20.8 Å². The third kappa shape index (κ3) is 2.77. The van der Waals surface area contributed by atoms with Gasteiger partial charge in [0.05, 0.1) is 17.3 Å². The smallest absolute Gasteiger partial charge is 0.276 e. The number of nitrogens with zero attached hydrogens (tertiary/aromatic N) is 3. The average Bonchev–Trinajstić information content (AvgIpc) is 2.77. The zero-order chi connectivity index (χ0) is 14.0. The molecule has 6 heteroatoms. The fourth-order valence-corrected chi connectivity index (χ4v) is 2.33. The normalized spacial score (nSPS) is 10.0. The standard InChI is InChI=1S/C13H12N4OS/c1-7-4-10(5-14)9(3)11(15-7)12(18)17-13-16-8(2)6-19-13/h4,6H,1-3H3,(H,16,17,18). The molecular weight excluding hydrogens is 260 g/mol. The van der Waals surface area contributed by atoms with Gasteiger partial charge in [-0.3, -0.25) is 10.1 Å². The molecule has 0 aliphatic carbocycles. The Bertz CT molecular complexity index is 684. The van der Waals surface area contributed by atoms with Crippen molar-refractivity contribution in [1.82, 2.24) is 9.97 Å². The van der Waals surface area contributed by atoms with Gasteiger partial charge in [-0.05, 0) is 32.4 Å². The zero-order valence-electron chi connectivity index (χ0n) is 10.8. The first kappa shape index (κ1) is 13.2. The third-order valence-electron chi connectivity index (χ3n) is 2.58. The lowest BCUT2D eigenvalue weighted by Gasteiger charge is -2.07. The summed E-state index contributed by atoms with van der Waals surface area (Å²) in [6.07, 6.45) is 0. The van der Waals surface area contributed by atoms with Crippen molar-refractivity contribution in [2.75, 3.05) is 5.32 Å². The van der Waals surface area contributed by atoms with E-state index < -0.39 is 0 Å². The number of nitrogens with one attached hydrogen (secondary N) is 1. The van der Waals surface area contributed by atoms with Crippen LogP contribution in [0.1, 0.15) is 33.0 Å². The summed E-state index contributed by atoms with van der Waals surface area (Å²) in [5.41, 5.74) is 2.81. The van der Waals surface area contributed by atoms with Gasteiger partial charge >= 0.3 is 0 Å². The van der Waals surface area contributed by atoms with Crippen molar-refractivity contribution in [2.24, 2.45) is 0 Å². The maximum atomic E-state index is 12.1. The highest BCUT2D eigenvalue weighted by Gasteiger charge is 2.16. The summed E-state index contributed by atoms with van der Waals surface area (Å²) >= 11 is 1.36. The molecule has 0 saturated heterocycles. The van der Waals surface area contributed by atoms with E-state index in [1.54, 1.807) is 19.9 Å². The summed E-state index contributed by atoms with van der Waals surface area (Å²) in [5.74, 6) is -0.341. The molecule has 2 aromatic rings. The first-order valence-corrected chi connectivity index (χ1v) is 6.51. The fraction of sp³-hybridized carbons (Fsp3) is 0.231. The Morgan fingerprint density at radius 3 is 2.63 bits per heavy atom. The van der Waals surface area contributed by atoms with Gasteiger partial charge in [0.25, 0.3) is 5.91 Å². The lowest BCUT2D eigenvalue weighted by molar-refractivity contribution is 0.102. The molecule has 0 saturated carbocycles. The Labute approximate surface area is 114 Å². The number of amides is 1. The number of hydrogen-bond donors (Lipinski definition) is 1. The highest BCUT2D eigenvalue weighted by atomic mass is 32.1. The Balaban J connectivity index is 2.34. The molecule has 5 nitrogen and oxygen atoms in total. The van der Waals surface area contributed by atoms with Crippen molar-refractivity contribution < 1.29 is 4.79 Å². The van der Waals surface area contributed by atoms with Gasteiger partial charge in [0.15, 0.2) is 5.13 Å². The quantitative estimate of drug-likeness (QED) is 0.911. The molecule has 0 aliphatic rings. The molecule has 2 aromatic heterocycles. The molecule has 0 fully saturated rings. The zero-order valence-corrected chi connectivity index (χ0v) is 11.6. The Kier molecular flexibility index (Phi) is 3.58. The van der Waals surface area contributed by atoms with Crippen LogP contribution in [0.3, 0.4) is 0 Å². The van der Waals surface area contributed by atoms with E-state index in [2.05, 4.69) is 21.4 Å². The number of rotatable bonds is 2. The highest BCUT2D eigenvalue weighted by molar-refractivity contribution is 7.13. The number of aryl methyl sites for hydroxylation is 2. The Morgan fingerprint density at radius 1 is 1.32 bits per heavy atom. The van der Waals surface area contributed by atoms with E-state index in [1.165, 1.54) is 11.3 Å². The summed E-state index contributed by atoms with van der Waals surface area (Å²) in [5, 5.41) is 14.1. The molecule has 0 aromatic carbocycles. The van der Waals surface area contributed by atoms with Gasteiger partial charge in [-0.25, -0.2) is 9.97 Å². The minimum absolute atomic E-state index is 0.268. The van der Waals surface area contributed by atoms with Gasteiger partial charge in [0.2, 0.25) is 0 Å². The number of aromatic nitrogens is 2. The van der Waals surface area contributed by atoms with Crippen LogP contribution < -0.4 is 5.32 Å². The summed E-state index contributed by atoms with van der Waals surface area (Å²) in [6.45, 7) is 5.33. The van der Waals surface area contributed by atoms with Gasteiger partial charge in [-0.15, -0.1) is 11.3 Å². The van der Waals surface area contributed by atoms with Crippen LogP contribution in [0.25, 0.3) is 0 Å². The van der Waals surface area contributed by atoms with Gasteiger partial charge in [0, 0.05) is 11.1 Å². The van der Waals surface area contributed by atoms with Crippen LogP contribution in [-0.4, -0.2) is 15.9 Å². The second-order valence-corrected chi connectivity index (χ2v) is 5.00.